The van der Waals surface area contributed by atoms with E-state index in [-0.39, 0.29) is 16.2 Å². The molecule has 3 heterocycles. The monoisotopic (exact) mass is 353 g/mol. The van der Waals surface area contributed by atoms with E-state index in [0.717, 1.165) is 0 Å². The summed E-state index contributed by atoms with van der Waals surface area (Å²) in [5, 5.41) is -0.942. The molecule has 128 valence electrons. The number of hydrogen-bond donors (Lipinski definition) is 0. The number of thiazole rings is 1. The van der Waals surface area contributed by atoms with Gasteiger partial charge in [-0.25, -0.2) is 4.98 Å². The number of anilines is 1. The highest BCUT2D eigenvalue weighted by atomic mass is 32.1. The Labute approximate surface area is 168 Å². The van der Waals surface area contributed by atoms with E-state index < -0.39 is 85.6 Å². The van der Waals surface area contributed by atoms with Gasteiger partial charge in [-0.1, -0.05) is 13.7 Å². The molecule has 0 bridgehead atoms. The molecule has 0 atom stereocenters. The number of nitrogens with zero attached hydrogens (tertiary/aromatic N) is 2. The highest BCUT2D eigenvalue weighted by Crippen LogP contribution is 2.38. The molecular weight excluding hydrogens is 307 g/mol. The molecule has 0 spiro atoms. The lowest BCUT2D eigenvalue weighted by Crippen LogP contribution is -2.41. The van der Waals surface area contributed by atoms with Gasteiger partial charge in [0.25, 0.3) is 0 Å². The largest absolute Gasteiger partial charge is 0.507 e. The minimum atomic E-state index is -3.73. The van der Waals surface area contributed by atoms with Gasteiger partial charge in [-0.15, -0.1) is 11.3 Å². The van der Waals surface area contributed by atoms with Gasteiger partial charge in [0, 0.05) is 36.3 Å². The van der Waals surface area contributed by atoms with Crippen molar-refractivity contribution in [2.45, 2.75) is 77.6 Å². The van der Waals surface area contributed by atoms with Gasteiger partial charge in [0.05, 0.1) is 21.7 Å². The van der Waals surface area contributed by atoms with Gasteiger partial charge in [0.15, 0.2) is 5.13 Å². The van der Waals surface area contributed by atoms with Crippen molar-refractivity contribution in [3.63, 3.8) is 0 Å². The molecule has 2 aliphatic rings. The van der Waals surface area contributed by atoms with E-state index in [1.807, 2.05) is 0 Å². The lowest BCUT2D eigenvalue weighted by molar-refractivity contribution is 0.00578. The summed E-state index contributed by atoms with van der Waals surface area (Å²) in [6, 6.07) is 0. The molecule has 1 aromatic rings. The number of piperidine rings is 1. The SMILES string of the molecule is [2H]C([2H])([2H])C([2H])(c1nc(N2C([2H])([2H])C([2H])([2H])C([2H])([2H])C([2H])([2H])C2([2H])[2H])sc1B1OC(C)(C)C(C)(C)O1)C([2H])([2H])[2H]. The molecule has 2 saturated heterocycles. The number of hydrogen-bond acceptors (Lipinski definition) is 5. The molecule has 0 saturated carbocycles. The molecule has 2 fully saturated rings. The van der Waals surface area contributed by atoms with Gasteiger partial charge >= 0.3 is 7.12 Å². The first kappa shape index (κ1) is 5.99. The Morgan fingerprint density at radius 3 is 2.39 bits per heavy atom. The molecule has 4 nitrogen and oxygen atoms in total. The summed E-state index contributed by atoms with van der Waals surface area (Å²) in [4.78, 5) is 3.78. The molecule has 6 heteroatoms. The average Bonchev–Trinajstić information content (AvgIpc) is 3.22. The molecule has 0 aromatic carbocycles. The summed E-state index contributed by atoms with van der Waals surface area (Å²) in [6.07, 6.45) is -11.2. The van der Waals surface area contributed by atoms with Crippen molar-refractivity contribution in [2.75, 3.05) is 17.9 Å². The van der Waals surface area contributed by atoms with Crippen LogP contribution in [0.5, 0.6) is 0 Å². The zero-order valence-electron chi connectivity index (χ0n) is 30.2. The van der Waals surface area contributed by atoms with Crippen molar-refractivity contribution in [3.8, 4) is 0 Å². The van der Waals surface area contributed by atoms with Crippen LogP contribution in [-0.2, 0) is 9.31 Å². The average molecular weight is 353 g/mol. The van der Waals surface area contributed by atoms with Crippen LogP contribution in [0.2, 0.25) is 0 Å². The first-order valence-electron chi connectivity index (χ1n) is 15.4. The van der Waals surface area contributed by atoms with Crippen LogP contribution < -0.4 is 9.68 Å². The third-order valence-corrected chi connectivity index (χ3v) is 5.06. The second-order valence-electron chi connectivity index (χ2n) is 6.11. The Balaban J connectivity index is 2.44. The van der Waals surface area contributed by atoms with Crippen molar-refractivity contribution in [1.29, 1.82) is 0 Å². The quantitative estimate of drug-likeness (QED) is 0.779. The van der Waals surface area contributed by atoms with E-state index in [9.17, 15) is 0 Å². The first-order valence-corrected chi connectivity index (χ1v) is 7.76. The normalized spacial score (nSPS) is 47.2. The van der Waals surface area contributed by atoms with E-state index >= 15 is 0 Å². The van der Waals surface area contributed by atoms with Crippen molar-refractivity contribution < 1.29 is 32.6 Å². The highest BCUT2D eigenvalue weighted by Gasteiger charge is 2.53. The van der Waals surface area contributed by atoms with Gasteiger partial charge in [-0.2, -0.15) is 0 Å². The van der Waals surface area contributed by atoms with Crippen LogP contribution in [0, 0.1) is 0 Å². The minimum absolute atomic E-state index is 0.107. The zero-order chi connectivity index (χ0) is 31.7. The second-order valence-corrected chi connectivity index (χ2v) is 7.12. The summed E-state index contributed by atoms with van der Waals surface area (Å²) < 4.78 is 150. The molecule has 3 rings (SSSR count). The summed E-state index contributed by atoms with van der Waals surface area (Å²) >= 11 is 0.239. The molecule has 0 radical (unpaired) electrons. The fourth-order valence-corrected chi connectivity index (χ4v) is 2.98. The molecule has 0 aliphatic carbocycles. The van der Waals surface area contributed by atoms with E-state index in [0.29, 0.717) is 0 Å². The Hall–Kier alpha value is -0.585. The minimum Gasteiger partial charge on any atom is -0.399 e. The molecular formula is C17H29BN2O2S. The van der Waals surface area contributed by atoms with Crippen molar-refractivity contribution >= 4 is 28.4 Å². The summed E-state index contributed by atoms with van der Waals surface area (Å²) in [7, 11) is -1.58. The predicted molar refractivity (Wildman–Crippen MR) is 98.0 cm³/mol. The predicted octanol–water partition coefficient (Wildman–Crippen LogP) is 3.56. The third-order valence-electron chi connectivity index (χ3n) is 4.00. The van der Waals surface area contributed by atoms with Gasteiger partial charge < -0.3 is 14.2 Å². The maximum absolute atomic E-state index is 8.70. The van der Waals surface area contributed by atoms with E-state index in [2.05, 4.69) is 4.98 Å². The van der Waals surface area contributed by atoms with Crippen LogP contribution >= 0.6 is 11.3 Å². The summed E-state index contributed by atoms with van der Waals surface area (Å²) in [5.41, 5.74) is -3.17. The maximum Gasteiger partial charge on any atom is 0.507 e. The van der Waals surface area contributed by atoms with Gasteiger partial charge in [0.2, 0.25) is 0 Å². The maximum atomic E-state index is 8.70. The molecule has 2 aliphatic heterocycles. The fourth-order valence-electron chi connectivity index (χ4n) is 2.03. The molecule has 0 amide bonds. The smallest absolute Gasteiger partial charge is 0.399 e. The lowest BCUT2D eigenvalue weighted by Gasteiger charge is -2.32. The fraction of sp³-hybridized carbons (Fsp3) is 0.824. The van der Waals surface area contributed by atoms with Crippen LogP contribution in [0.4, 0.5) is 5.13 Å². The van der Waals surface area contributed by atoms with Gasteiger partial charge in [0.1, 0.15) is 0 Å². The third kappa shape index (κ3) is 3.18. The van der Waals surface area contributed by atoms with E-state index in [1.54, 1.807) is 27.7 Å². The molecule has 23 heavy (non-hydrogen) atoms. The van der Waals surface area contributed by atoms with E-state index in [4.69, 9.17) is 32.6 Å². The second kappa shape index (κ2) is 6.05. The Kier molecular flexibility index (Phi) is 1.58. The van der Waals surface area contributed by atoms with Crippen molar-refractivity contribution in [1.82, 2.24) is 4.98 Å². The van der Waals surface area contributed by atoms with Gasteiger partial charge in [-0.05, 0) is 52.7 Å². The highest BCUT2D eigenvalue weighted by molar-refractivity contribution is 7.25. The summed E-state index contributed by atoms with van der Waals surface area (Å²) in [5.74, 6) is -3.50. The molecule has 0 N–H and O–H groups in total. The molecule has 1 aromatic heterocycles. The topological polar surface area (TPSA) is 34.6 Å². The van der Waals surface area contributed by atoms with Gasteiger partial charge in [-0.3, -0.25) is 0 Å². The molecule has 0 unspecified atom stereocenters. The van der Waals surface area contributed by atoms with Crippen LogP contribution in [0.3, 0.4) is 0 Å². The summed E-state index contributed by atoms with van der Waals surface area (Å²) in [6.45, 7) is -8.07. The Morgan fingerprint density at radius 2 is 1.83 bits per heavy atom. The lowest BCUT2D eigenvalue weighted by atomic mass is 9.84. The number of rotatable bonds is 3. The van der Waals surface area contributed by atoms with Crippen LogP contribution in [0.15, 0.2) is 0 Å². The van der Waals surface area contributed by atoms with Crippen LogP contribution in [0.1, 0.15) is 95.4 Å². The van der Waals surface area contributed by atoms with Crippen molar-refractivity contribution in [2.24, 2.45) is 0 Å². The zero-order valence-corrected chi connectivity index (χ0v) is 14.0. The Bertz CT molecular complexity index is 1120. The van der Waals surface area contributed by atoms with Crippen molar-refractivity contribution in [3.05, 3.63) is 5.69 Å². The number of aromatic nitrogens is 1. The first-order chi connectivity index (χ1) is 17.3. The van der Waals surface area contributed by atoms with Crippen LogP contribution in [-0.4, -0.2) is 36.3 Å². The Morgan fingerprint density at radius 1 is 1.22 bits per heavy atom. The van der Waals surface area contributed by atoms with E-state index in [1.165, 1.54) is 0 Å². The van der Waals surface area contributed by atoms with Crippen LogP contribution in [0.25, 0.3) is 0 Å². The standard InChI is InChI=1S/C17H29BN2O2S/c1-12(2)13-14(18-21-16(3,4)17(5,6)22-18)23-15(19-13)20-10-8-7-9-11-20/h12H,7-11H2,1-6H3/i1D3,2D3,7D2,8D2,9D2,10D2,11D2,12D.